The standard InChI is InChI=1S/C26H25ClN4O/c27-22-13-9-20(10-14-22)24-18-25(28)31(30-24)23-15-11-21(12-16-23)26(32)29-17-5-4-8-19-6-2-1-3-7-19/h1-3,6-7,9-16,18H,4-5,8,17,28H2,(H,29,32). The third-order valence-corrected chi connectivity index (χ3v) is 5.52. The van der Waals surface area contributed by atoms with Crippen LogP contribution in [0, 0.1) is 0 Å². The van der Waals surface area contributed by atoms with Gasteiger partial charge in [0.1, 0.15) is 5.82 Å². The van der Waals surface area contributed by atoms with Crippen molar-refractivity contribution >= 4 is 23.3 Å². The van der Waals surface area contributed by atoms with Crippen LogP contribution < -0.4 is 11.1 Å². The van der Waals surface area contributed by atoms with Crippen LogP contribution in [-0.2, 0) is 6.42 Å². The van der Waals surface area contributed by atoms with Crippen LogP contribution in [0.4, 0.5) is 5.82 Å². The molecule has 0 aliphatic carbocycles. The van der Waals surface area contributed by atoms with Crippen molar-refractivity contribution in [3.8, 4) is 16.9 Å². The average Bonchev–Trinajstić information content (AvgIpc) is 3.21. The molecule has 0 aliphatic heterocycles. The second-order valence-electron chi connectivity index (χ2n) is 7.62. The molecule has 4 rings (SSSR count). The van der Waals surface area contributed by atoms with Crippen molar-refractivity contribution in [3.05, 3.63) is 101 Å². The van der Waals surface area contributed by atoms with Crippen LogP contribution in [-0.4, -0.2) is 22.2 Å². The number of hydrogen-bond donors (Lipinski definition) is 2. The van der Waals surface area contributed by atoms with Gasteiger partial charge in [-0.15, -0.1) is 0 Å². The monoisotopic (exact) mass is 444 g/mol. The lowest BCUT2D eigenvalue weighted by Gasteiger charge is -2.08. The highest BCUT2D eigenvalue weighted by molar-refractivity contribution is 6.30. The van der Waals surface area contributed by atoms with Gasteiger partial charge in [-0.1, -0.05) is 54.1 Å². The number of nitrogens with two attached hydrogens (primary N) is 1. The predicted octanol–water partition coefficient (Wildman–Crippen LogP) is 5.53. The highest BCUT2D eigenvalue weighted by Crippen LogP contribution is 2.24. The minimum Gasteiger partial charge on any atom is -0.384 e. The second kappa shape index (κ2) is 10.2. The van der Waals surface area contributed by atoms with Gasteiger partial charge in [-0.25, -0.2) is 4.68 Å². The molecule has 32 heavy (non-hydrogen) atoms. The molecule has 5 nitrogen and oxygen atoms in total. The number of benzene rings is 3. The lowest BCUT2D eigenvalue weighted by atomic mass is 10.1. The molecule has 0 radical (unpaired) electrons. The number of hydrogen-bond acceptors (Lipinski definition) is 3. The fourth-order valence-corrected chi connectivity index (χ4v) is 3.65. The SMILES string of the molecule is Nc1cc(-c2ccc(Cl)cc2)nn1-c1ccc(C(=O)NCCCCc2ccccc2)cc1. The number of aryl methyl sites for hydroxylation is 1. The smallest absolute Gasteiger partial charge is 0.251 e. The second-order valence-corrected chi connectivity index (χ2v) is 8.06. The minimum atomic E-state index is -0.0773. The van der Waals surface area contributed by atoms with E-state index in [9.17, 15) is 4.79 Å². The van der Waals surface area contributed by atoms with Gasteiger partial charge >= 0.3 is 0 Å². The third-order valence-electron chi connectivity index (χ3n) is 5.27. The molecule has 0 saturated heterocycles. The Morgan fingerprint density at radius 1 is 0.938 bits per heavy atom. The van der Waals surface area contributed by atoms with E-state index in [-0.39, 0.29) is 5.91 Å². The summed E-state index contributed by atoms with van der Waals surface area (Å²) in [5.74, 6) is 0.442. The first-order chi connectivity index (χ1) is 15.6. The topological polar surface area (TPSA) is 72.9 Å². The van der Waals surface area contributed by atoms with Gasteiger partial charge in [0, 0.05) is 28.8 Å². The van der Waals surface area contributed by atoms with Crippen LogP contribution in [0.1, 0.15) is 28.8 Å². The number of rotatable bonds is 8. The van der Waals surface area contributed by atoms with Crippen molar-refractivity contribution < 1.29 is 4.79 Å². The van der Waals surface area contributed by atoms with E-state index in [1.165, 1.54) is 5.56 Å². The molecule has 3 N–H and O–H groups in total. The van der Waals surface area contributed by atoms with Gasteiger partial charge < -0.3 is 11.1 Å². The summed E-state index contributed by atoms with van der Waals surface area (Å²) in [6.07, 6.45) is 3.00. The van der Waals surface area contributed by atoms with E-state index in [0.717, 1.165) is 36.2 Å². The maximum absolute atomic E-state index is 12.4. The highest BCUT2D eigenvalue weighted by atomic mass is 35.5. The van der Waals surface area contributed by atoms with E-state index < -0.39 is 0 Å². The van der Waals surface area contributed by atoms with Crippen molar-refractivity contribution in [2.45, 2.75) is 19.3 Å². The van der Waals surface area contributed by atoms with Crippen molar-refractivity contribution in [2.24, 2.45) is 0 Å². The van der Waals surface area contributed by atoms with Crippen molar-refractivity contribution in [1.82, 2.24) is 15.1 Å². The number of amides is 1. The van der Waals surface area contributed by atoms with Crippen LogP contribution in [0.5, 0.6) is 0 Å². The Labute approximate surface area is 192 Å². The quantitative estimate of drug-likeness (QED) is 0.351. The number of nitrogen functional groups attached to an aromatic ring is 1. The Morgan fingerprint density at radius 2 is 1.66 bits per heavy atom. The summed E-state index contributed by atoms with van der Waals surface area (Å²) >= 11 is 5.96. The number of carbonyl (C=O) groups excluding carboxylic acids is 1. The minimum absolute atomic E-state index is 0.0773. The van der Waals surface area contributed by atoms with Crippen LogP contribution in [0.3, 0.4) is 0 Å². The fraction of sp³-hybridized carbons (Fsp3) is 0.154. The molecule has 6 heteroatoms. The Morgan fingerprint density at radius 3 is 2.38 bits per heavy atom. The first kappa shape index (κ1) is 21.7. The lowest BCUT2D eigenvalue weighted by Crippen LogP contribution is -2.24. The molecule has 1 heterocycles. The maximum atomic E-state index is 12.4. The fourth-order valence-electron chi connectivity index (χ4n) is 3.52. The first-order valence-electron chi connectivity index (χ1n) is 10.6. The van der Waals surface area contributed by atoms with E-state index >= 15 is 0 Å². The molecule has 1 amide bonds. The lowest BCUT2D eigenvalue weighted by molar-refractivity contribution is 0.0953. The molecule has 1 aromatic heterocycles. The molecule has 0 aliphatic rings. The van der Waals surface area contributed by atoms with Gasteiger partial charge in [-0.2, -0.15) is 5.10 Å². The van der Waals surface area contributed by atoms with Crippen LogP contribution >= 0.6 is 11.6 Å². The van der Waals surface area contributed by atoms with Crippen LogP contribution in [0.2, 0.25) is 5.02 Å². The number of anilines is 1. The summed E-state index contributed by atoms with van der Waals surface area (Å²) < 4.78 is 1.66. The van der Waals surface area contributed by atoms with E-state index in [1.807, 2.05) is 48.5 Å². The highest BCUT2D eigenvalue weighted by Gasteiger charge is 2.10. The van der Waals surface area contributed by atoms with Crippen molar-refractivity contribution in [3.63, 3.8) is 0 Å². The zero-order chi connectivity index (χ0) is 22.3. The van der Waals surface area contributed by atoms with Crippen LogP contribution in [0.15, 0.2) is 84.9 Å². The van der Waals surface area contributed by atoms with Gasteiger partial charge in [-0.3, -0.25) is 4.79 Å². The molecule has 0 bridgehead atoms. The molecule has 3 aromatic carbocycles. The predicted molar refractivity (Wildman–Crippen MR) is 130 cm³/mol. The largest absolute Gasteiger partial charge is 0.384 e. The van der Waals surface area contributed by atoms with Crippen molar-refractivity contribution in [2.75, 3.05) is 12.3 Å². The number of unbranched alkanes of at least 4 members (excludes halogenated alkanes) is 1. The third kappa shape index (κ3) is 5.37. The van der Waals surface area contributed by atoms with E-state index in [1.54, 1.807) is 16.8 Å². The molecule has 162 valence electrons. The number of nitrogens with zero attached hydrogens (tertiary/aromatic N) is 2. The summed E-state index contributed by atoms with van der Waals surface area (Å²) in [6, 6.07) is 26.9. The summed E-state index contributed by atoms with van der Waals surface area (Å²) in [5, 5.41) is 8.26. The van der Waals surface area contributed by atoms with Gasteiger partial charge in [0.25, 0.3) is 5.91 Å². The Kier molecular flexibility index (Phi) is 6.87. The molecule has 0 unspecified atom stereocenters. The summed E-state index contributed by atoms with van der Waals surface area (Å²) in [4.78, 5) is 12.4. The number of nitrogens with one attached hydrogen (secondary N) is 1. The number of carbonyl (C=O) groups is 1. The van der Waals surface area contributed by atoms with Gasteiger partial charge in [-0.05, 0) is 61.2 Å². The Balaban J connectivity index is 1.32. The Bertz CT molecular complexity index is 1170. The van der Waals surface area contributed by atoms with Gasteiger partial charge in [0.2, 0.25) is 0 Å². The van der Waals surface area contributed by atoms with Crippen LogP contribution in [0.25, 0.3) is 16.9 Å². The number of aromatic nitrogens is 2. The van der Waals surface area contributed by atoms with Gasteiger partial charge in [0.05, 0.1) is 11.4 Å². The first-order valence-corrected chi connectivity index (χ1v) is 11.0. The zero-order valence-electron chi connectivity index (χ0n) is 17.7. The van der Waals surface area contributed by atoms with E-state index in [4.69, 9.17) is 17.3 Å². The van der Waals surface area contributed by atoms with Gasteiger partial charge in [0.15, 0.2) is 0 Å². The van der Waals surface area contributed by atoms with E-state index in [0.29, 0.717) is 22.9 Å². The molecule has 4 aromatic rings. The molecule has 0 atom stereocenters. The molecule has 0 fully saturated rings. The van der Waals surface area contributed by atoms with Crippen molar-refractivity contribution in [1.29, 1.82) is 0 Å². The maximum Gasteiger partial charge on any atom is 0.251 e. The summed E-state index contributed by atoms with van der Waals surface area (Å²) in [5.41, 5.74) is 10.6. The Hall–Kier alpha value is -3.57. The molecular weight excluding hydrogens is 420 g/mol. The zero-order valence-corrected chi connectivity index (χ0v) is 18.4. The average molecular weight is 445 g/mol. The summed E-state index contributed by atoms with van der Waals surface area (Å²) in [7, 11) is 0. The molecular formula is C26H25ClN4O. The summed E-state index contributed by atoms with van der Waals surface area (Å²) in [6.45, 7) is 0.657. The molecule has 0 spiro atoms. The number of halogens is 1. The molecule has 0 saturated carbocycles. The normalized spacial score (nSPS) is 10.8. The van der Waals surface area contributed by atoms with E-state index in [2.05, 4.69) is 34.7 Å².